The molecule has 15 nitrogen and oxygen atoms in total. The number of aliphatic hydroxyl groups excluding tert-OH is 5. The van der Waals surface area contributed by atoms with E-state index in [1.165, 1.54) is 6.92 Å². The Morgan fingerprint density at radius 3 is 1.97 bits per heavy atom. The molecule has 196 valence electrons. The van der Waals surface area contributed by atoms with Crippen LogP contribution in [-0.2, 0) is 33.3 Å². The molecule has 2 aliphatic heterocycles. The fraction of sp³-hybridized carbons (Fsp3) is 0.842. The highest BCUT2D eigenvalue weighted by Crippen LogP contribution is 2.30. The summed E-state index contributed by atoms with van der Waals surface area (Å²) in [5, 5.41) is 55.3. The summed E-state index contributed by atoms with van der Waals surface area (Å²) in [5.74, 6) is -2.06. The summed E-state index contributed by atoms with van der Waals surface area (Å²) < 4.78 is 22.5. The topological polar surface area (TPSA) is 239 Å². The number of nitrogens with one attached hydrogen (secondary N) is 2. The van der Waals surface area contributed by atoms with Gasteiger partial charge in [-0.15, -0.1) is 0 Å². The third-order valence-corrected chi connectivity index (χ3v) is 5.52. The smallest absolute Gasteiger partial charge is 0.246 e. The second-order valence-electron chi connectivity index (χ2n) is 8.15. The Balaban J connectivity index is 2.44. The van der Waals surface area contributed by atoms with Crippen molar-refractivity contribution in [2.75, 3.05) is 13.2 Å². The van der Waals surface area contributed by atoms with Crippen LogP contribution in [-0.4, -0.2) is 124 Å². The average Bonchev–Trinajstić information content (AvgIpc) is 2.76. The molecule has 2 heterocycles. The zero-order valence-electron chi connectivity index (χ0n) is 18.9. The van der Waals surface area contributed by atoms with Gasteiger partial charge in [0.1, 0.15) is 54.8 Å². The maximum atomic E-state index is 11.7. The third kappa shape index (κ3) is 6.59. The maximum Gasteiger partial charge on any atom is 0.246 e. The minimum atomic E-state index is -1.68. The molecule has 11 atom stereocenters. The van der Waals surface area contributed by atoms with E-state index in [1.807, 2.05) is 0 Å². The zero-order valence-corrected chi connectivity index (χ0v) is 18.9. The van der Waals surface area contributed by atoms with Crippen molar-refractivity contribution in [1.29, 1.82) is 0 Å². The maximum absolute atomic E-state index is 11.7. The lowest BCUT2D eigenvalue weighted by molar-refractivity contribution is -0.333. The van der Waals surface area contributed by atoms with Gasteiger partial charge in [0.15, 0.2) is 12.6 Å². The zero-order chi connectivity index (χ0) is 25.7. The summed E-state index contributed by atoms with van der Waals surface area (Å²) in [6.07, 6.45) is -12.9. The minimum absolute atomic E-state index is 0.585. The van der Waals surface area contributed by atoms with Crippen molar-refractivity contribution in [2.24, 2.45) is 5.73 Å². The molecule has 15 heteroatoms. The third-order valence-electron chi connectivity index (χ3n) is 5.52. The van der Waals surface area contributed by atoms with Gasteiger partial charge in [-0.1, -0.05) is 0 Å². The second kappa shape index (κ2) is 12.1. The van der Waals surface area contributed by atoms with E-state index in [9.17, 15) is 39.9 Å². The number of carbonyl (C=O) groups is 3. The highest BCUT2D eigenvalue weighted by molar-refractivity contribution is 5.78. The first-order chi connectivity index (χ1) is 15.9. The first kappa shape index (κ1) is 28.3. The van der Waals surface area contributed by atoms with Crippen LogP contribution < -0.4 is 16.4 Å². The van der Waals surface area contributed by atoms with Crippen molar-refractivity contribution in [3.8, 4) is 0 Å². The van der Waals surface area contributed by atoms with E-state index < -0.39 is 98.3 Å². The number of ether oxygens (including phenoxy) is 4. The first-order valence-corrected chi connectivity index (χ1v) is 10.6. The van der Waals surface area contributed by atoms with Gasteiger partial charge in [-0.05, 0) is 6.92 Å². The molecular formula is C19H33N3O12. The molecule has 0 aromatic rings. The molecule has 0 aliphatic carbocycles. The van der Waals surface area contributed by atoms with Crippen molar-refractivity contribution in [2.45, 2.75) is 88.2 Å². The van der Waals surface area contributed by atoms with Gasteiger partial charge in [0.05, 0.1) is 13.2 Å². The van der Waals surface area contributed by atoms with Crippen molar-refractivity contribution < 1.29 is 58.9 Å². The van der Waals surface area contributed by atoms with E-state index in [2.05, 4.69) is 10.6 Å². The van der Waals surface area contributed by atoms with Gasteiger partial charge in [-0.2, -0.15) is 0 Å². The Morgan fingerprint density at radius 1 is 0.912 bits per heavy atom. The lowest BCUT2D eigenvalue weighted by atomic mass is 9.94. The van der Waals surface area contributed by atoms with Crippen LogP contribution in [0.3, 0.4) is 0 Å². The summed E-state index contributed by atoms with van der Waals surface area (Å²) in [6, 6.07) is -2.63. The van der Waals surface area contributed by atoms with Crippen LogP contribution >= 0.6 is 0 Å². The van der Waals surface area contributed by atoms with E-state index in [4.69, 9.17) is 24.7 Å². The molecular weight excluding hydrogens is 462 g/mol. The molecule has 2 rings (SSSR count). The lowest BCUT2D eigenvalue weighted by Crippen LogP contribution is -2.69. The number of hydrogen-bond donors (Lipinski definition) is 8. The van der Waals surface area contributed by atoms with Crippen LogP contribution in [0.25, 0.3) is 0 Å². The second-order valence-corrected chi connectivity index (χ2v) is 8.15. The summed E-state index contributed by atoms with van der Waals surface area (Å²) in [7, 11) is 0. The summed E-state index contributed by atoms with van der Waals surface area (Å²) in [5.41, 5.74) is 5.28. The van der Waals surface area contributed by atoms with Crippen LogP contribution in [0, 0.1) is 0 Å². The van der Waals surface area contributed by atoms with E-state index in [1.54, 1.807) is 0 Å². The van der Waals surface area contributed by atoms with Gasteiger partial charge in [-0.25, -0.2) is 0 Å². The van der Waals surface area contributed by atoms with Crippen LogP contribution in [0.2, 0.25) is 0 Å². The van der Waals surface area contributed by atoms with Crippen LogP contribution in [0.4, 0.5) is 0 Å². The molecule has 2 saturated heterocycles. The van der Waals surface area contributed by atoms with Crippen molar-refractivity contribution in [3.05, 3.63) is 0 Å². The quantitative estimate of drug-likeness (QED) is 0.150. The number of hydrogen-bond acceptors (Lipinski definition) is 12. The van der Waals surface area contributed by atoms with Gasteiger partial charge in [0, 0.05) is 13.8 Å². The Kier molecular flexibility index (Phi) is 10.1. The van der Waals surface area contributed by atoms with Crippen LogP contribution in [0.1, 0.15) is 20.8 Å². The van der Waals surface area contributed by atoms with Gasteiger partial charge in [0.2, 0.25) is 17.7 Å². The Bertz CT molecular complexity index is 727. The summed E-state index contributed by atoms with van der Waals surface area (Å²) in [6.45, 7) is 2.21. The van der Waals surface area contributed by atoms with Crippen molar-refractivity contribution in [1.82, 2.24) is 10.6 Å². The molecule has 34 heavy (non-hydrogen) atoms. The molecule has 2 aliphatic rings. The molecule has 0 aromatic heterocycles. The monoisotopic (exact) mass is 495 g/mol. The number of aliphatic hydroxyl groups is 5. The van der Waals surface area contributed by atoms with Gasteiger partial charge >= 0.3 is 0 Å². The summed E-state index contributed by atoms with van der Waals surface area (Å²) >= 11 is 0. The lowest BCUT2D eigenvalue weighted by Gasteiger charge is -2.48. The Labute approximate surface area is 195 Å². The predicted octanol–water partition coefficient (Wildman–Crippen LogP) is -5.21. The number of amides is 3. The highest BCUT2D eigenvalue weighted by atomic mass is 16.7. The predicted molar refractivity (Wildman–Crippen MR) is 109 cm³/mol. The van der Waals surface area contributed by atoms with Gasteiger partial charge < -0.3 is 60.8 Å². The van der Waals surface area contributed by atoms with Gasteiger partial charge in [-0.3, -0.25) is 14.4 Å². The summed E-state index contributed by atoms with van der Waals surface area (Å²) in [4.78, 5) is 35.0. The normalized spacial score (nSPS) is 39.2. The van der Waals surface area contributed by atoms with E-state index in [-0.39, 0.29) is 0 Å². The van der Waals surface area contributed by atoms with E-state index in [0.717, 1.165) is 13.8 Å². The first-order valence-electron chi connectivity index (χ1n) is 10.6. The molecule has 0 aromatic carbocycles. The van der Waals surface area contributed by atoms with Crippen LogP contribution in [0.15, 0.2) is 0 Å². The number of carbonyl (C=O) groups excluding carboxylic acids is 3. The number of nitrogens with two attached hydrogens (primary N) is 1. The standard InChI is InChI=1S/C19H33N3O12/c1-6(17(20)29)31-16-12(22-8(3)26)18(30)32-10(5-24)15(16)34-19-11(21-7(2)25)14(28)13(27)9(4-23)33-19/h6,9-16,18-19,23-24,27-28,30H,4-5H2,1-3H3,(H2,20,29)(H,21,25)(H,22,26)/t6-,9-,10-,11-,12-,13-,14-,15-,16-,18-,19+/m1/s1. The SMILES string of the molecule is CC(=O)N[C@@H]1[C@@H](O[C@H](C)C(N)=O)[C@H](O[C@@H]2O[C@H](CO)[C@@H](O)[C@H](O)[C@H]2NC(C)=O)[C@@H](CO)O[C@H]1O. The highest BCUT2D eigenvalue weighted by Gasteiger charge is 2.52. The van der Waals surface area contributed by atoms with E-state index >= 15 is 0 Å². The Hall–Kier alpha value is -1.95. The Morgan fingerprint density at radius 2 is 1.47 bits per heavy atom. The molecule has 9 N–H and O–H groups in total. The average molecular weight is 495 g/mol. The molecule has 2 fully saturated rings. The largest absolute Gasteiger partial charge is 0.394 e. The fourth-order valence-corrected chi connectivity index (χ4v) is 3.83. The number of rotatable bonds is 9. The van der Waals surface area contributed by atoms with Gasteiger partial charge in [0.25, 0.3) is 0 Å². The molecule has 0 radical (unpaired) electrons. The molecule has 0 saturated carbocycles. The minimum Gasteiger partial charge on any atom is -0.394 e. The van der Waals surface area contributed by atoms with Crippen LogP contribution in [0.5, 0.6) is 0 Å². The van der Waals surface area contributed by atoms with Crippen molar-refractivity contribution >= 4 is 17.7 Å². The fourth-order valence-electron chi connectivity index (χ4n) is 3.83. The molecule has 0 spiro atoms. The van der Waals surface area contributed by atoms with E-state index in [0.29, 0.717) is 0 Å². The molecule has 0 unspecified atom stereocenters. The van der Waals surface area contributed by atoms with Crippen molar-refractivity contribution in [3.63, 3.8) is 0 Å². The molecule has 0 bridgehead atoms. The molecule has 3 amide bonds. The number of primary amides is 1.